The summed E-state index contributed by atoms with van der Waals surface area (Å²) >= 11 is 0. The van der Waals surface area contributed by atoms with E-state index in [0.717, 1.165) is 6.42 Å². The normalized spacial score (nSPS) is 12.8. The lowest BCUT2D eigenvalue weighted by Crippen LogP contribution is -2.28. The molecule has 1 rings (SSSR count). The van der Waals surface area contributed by atoms with Crippen LogP contribution in [0.2, 0.25) is 0 Å². The Balaban J connectivity index is 2.30. The largest absolute Gasteiger partial charge is 0.271 e. The van der Waals surface area contributed by atoms with Crippen molar-refractivity contribution in [3.63, 3.8) is 0 Å². The van der Waals surface area contributed by atoms with E-state index in [1.54, 1.807) is 0 Å². The second kappa shape index (κ2) is 10.8. The molecule has 2 heteroatoms. The maximum atomic E-state index is 5.73. The zero-order valence-corrected chi connectivity index (χ0v) is 14.2. The third-order valence-electron chi connectivity index (χ3n) is 4.30. The van der Waals surface area contributed by atoms with E-state index in [9.17, 15) is 0 Å². The van der Waals surface area contributed by atoms with Crippen molar-refractivity contribution in [3.05, 3.63) is 35.4 Å². The number of nitrogens with two attached hydrogens (primary N) is 1. The van der Waals surface area contributed by atoms with Gasteiger partial charge in [-0.25, -0.2) is 0 Å². The van der Waals surface area contributed by atoms with Crippen LogP contribution in [0.1, 0.15) is 95.2 Å². The van der Waals surface area contributed by atoms with Crippen molar-refractivity contribution in [2.45, 2.75) is 84.1 Å². The molecular formula is C19H34N2. The van der Waals surface area contributed by atoms with Crippen LogP contribution in [0.15, 0.2) is 24.3 Å². The van der Waals surface area contributed by atoms with Crippen molar-refractivity contribution >= 4 is 0 Å². The van der Waals surface area contributed by atoms with Gasteiger partial charge in [0.15, 0.2) is 0 Å². The molecule has 0 fully saturated rings. The minimum atomic E-state index is 0.293. The minimum Gasteiger partial charge on any atom is -0.271 e. The van der Waals surface area contributed by atoms with Gasteiger partial charge in [-0.3, -0.25) is 11.3 Å². The summed E-state index contributed by atoms with van der Waals surface area (Å²) in [7, 11) is 0. The quantitative estimate of drug-likeness (QED) is 0.323. The van der Waals surface area contributed by atoms with Crippen LogP contribution in [0.4, 0.5) is 0 Å². The molecule has 120 valence electrons. The number of hydrazine groups is 1. The van der Waals surface area contributed by atoms with Crippen LogP contribution in [0.3, 0.4) is 0 Å². The maximum Gasteiger partial charge on any atom is 0.0460 e. The molecule has 2 nitrogen and oxygen atoms in total. The van der Waals surface area contributed by atoms with E-state index >= 15 is 0 Å². The van der Waals surface area contributed by atoms with Crippen molar-refractivity contribution in [3.8, 4) is 0 Å². The maximum absolute atomic E-state index is 5.73. The van der Waals surface area contributed by atoms with E-state index < -0.39 is 0 Å². The Kier molecular flexibility index (Phi) is 9.36. The fraction of sp³-hybridized carbons (Fsp3) is 0.684. The molecule has 0 aliphatic heterocycles. The molecule has 0 heterocycles. The van der Waals surface area contributed by atoms with Gasteiger partial charge in [0.1, 0.15) is 0 Å². The summed E-state index contributed by atoms with van der Waals surface area (Å²) in [4.78, 5) is 0. The lowest BCUT2D eigenvalue weighted by molar-refractivity contribution is 0.475. The Hall–Kier alpha value is -0.860. The smallest absolute Gasteiger partial charge is 0.0460 e. The first-order chi connectivity index (χ1) is 10.2. The Bertz CT molecular complexity index is 356. The molecule has 0 bridgehead atoms. The van der Waals surface area contributed by atoms with Gasteiger partial charge in [-0.2, -0.15) is 0 Å². The first-order valence-corrected chi connectivity index (χ1v) is 8.75. The second-order valence-corrected chi connectivity index (χ2v) is 6.45. The topological polar surface area (TPSA) is 38.0 Å². The summed E-state index contributed by atoms with van der Waals surface area (Å²) in [6.07, 6.45) is 10.6. The van der Waals surface area contributed by atoms with Gasteiger partial charge in [-0.05, 0) is 23.5 Å². The van der Waals surface area contributed by atoms with E-state index in [2.05, 4.69) is 50.5 Å². The van der Waals surface area contributed by atoms with Crippen molar-refractivity contribution in [2.24, 2.45) is 5.84 Å². The van der Waals surface area contributed by atoms with Gasteiger partial charge in [0.25, 0.3) is 0 Å². The Labute approximate surface area is 131 Å². The molecule has 0 amide bonds. The molecule has 1 unspecified atom stereocenters. The number of nitrogens with one attached hydrogen (secondary N) is 1. The van der Waals surface area contributed by atoms with E-state index in [0.29, 0.717) is 12.0 Å². The van der Waals surface area contributed by atoms with Gasteiger partial charge < -0.3 is 0 Å². The number of hydrogen-bond acceptors (Lipinski definition) is 2. The van der Waals surface area contributed by atoms with Crippen LogP contribution in [0, 0.1) is 0 Å². The Morgan fingerprint density at radius 3 is 1.90 bits per heavy atom. The molecule has 0 saturated carbocycles. The van der Waals surface area contributed by atoms with Gasteiger partial charge >= 0.3 is 0 Å². The fourth-order valence-corrected chi connectivity index (χ4v) is 2.77. The average molecular weight is 290 g/mol. The zero-order valence-electron chi connectivity index (χ0n) is 14.2. The van der Waals surface area contributed by atoms with E-state index in [1.165, 1.54) is 56.1 Å². The van der Waals surface area contributed by atoms with E-state index in [-0.39, 0.29) is 0 Å². The molecule has 1 atom stereocenters. The van der Waals surface area contributed by atoms with E-state index in [1.807, 2.05) is 0 Å². The molecule has 1 aromatic rings. The Morgan fingerprint density at radius 1 is 0.857 bits per heavy atom. The standard InChI is InChI=1S/C19H34N2/c1-4-5-6-7-8-9-10-11-19(21-20)18-14-12-17(13-15-18)16(2)3/h12-16,19,21H,4-11,20H2,1-3H3. The zero-order chi connectivity index (χ0) is 15.5. The van der Waals surface area contributed by atoms with Gasteiger partial charge in [0, 0.05) is 6.04 Å². The van der Waals surface area contributed by atoms with Crippen LogP contribution in [-0.4, -0.2) is 0 Å². The van der Waals surface area contributed by atoms with Gasteiger partial charge in [0.05, 0.1) is 0 Å². The molecule has 0 spiro atoms. The van der Waals surface area contributed by atoms with Crippen LogP contribution in [0.25, 0.3) is 0 Å². The van der Waals surface area contributed by atoms with E-state index in [4.69, 9.17) is 5.84 Å². The van der Waals surface area contributed by atoms with Crippen molar-refractivity contribution in [1.29, 1.82) is 0 Å². The third kappa shape index (κ3) is 7.10. The molecule has 21 heavy (non-hydrogen) atoms. The van der Waals surface area contributed by atoms with Crippen LogP contribution >= 0.6 is 0 Å². The van der Waals surface area contributed by atoms with Gasteiger partial charge in [-0.15, -0.1) is 0 Å². The highest BCUT2D eigenvalue weighted by Gasteiger charge is 2.09. The summed E-state index contributed by atoms with van der Waals surface area (Å²) in [6, 6.07) is 9.20. The minimum absolute atomic E-state index is 0.293. The lowest BCUT2D eigenvalue weighted by atomic mass is 9.96. The number of unbranched alkanes of at least 4 members (excludes halogenated alkanes) is 6. The van der Waals surface area contributed by atoms with Crippen LogP contribution in [0.5, 0.6) is 0 Å². The first-order valence-electron chi connectivity index (χ1n) is 8.75. The lowest BCUT2D eigenvalue weighted by Gasteiger charge is -2.17. The summed E-state index contributed by atoms with van der Waals surface area (Å²) in [5.74, 6) is 6.32. The van der Waals surface area contributed by atoms with Crippen molar-refractivity contribution in [2.75, 3.05) is 0 Å². The number of rotatable bonds is 11. The van der Waals surface area contributed by atoms with Crippen LogP contribution < -0.4 is 11.3 Å². The van der Waals surface area contributed by atoms with Crippen molar-refractivity contribution < 1.29 is 0 Å². The molecule has 3 N–H and O–H groups in total. The summed E-state index contributed by atoms with van der Waals surface area (Å²) < 4.78 is 0. The highest BCUT2D eigenvalue weighted by Crippen LogP contribution is 2.22. The van der Waals surface area contributed by atoms with Crippen LogP contribution in [-0.2, 0) is 0 Å². The highest BCUT2D eigenvalue weighted by atomic mass is 15.2. The van der Waals surface area contributed by atoms with Gasteiger partial charge in [0.2, 0.25) is 0 Å². The summed E-state index contributed by atoms with van der Waals surface area (Å²) in [5.41, 5.74) is 5.69. The SMILES string of the molecule is CCCCCCCCCC(NN)c1ccc(C(C)C)cc1. The number of benzene rings is 1. The fourth-order valence-electron chi connectivity index (χ4n) is 2.77. The number of hydrogen-bond donors (Lipinski definition) is 2. The Morgan fingerprint density at radius 2 is 1.38 bits per heavy atom. The summed E-state index contributed by atoms with van der Waals surface area (Å²) in [6.45, 7) is 6.72. The molecule has 0 aliphatic carbocycles. The molecule has 1 aromatic carbocycles. The third-order valence-corrected chi connectivity index (χ3v) is 4.30. The molecule has 0 aliphatic rings. The van der Waals surface area contributed by atoms with Gasteiger partial charge in [-0.1, -0.05) is 90.0 Å². The predicted octanol–water partition coefficient (Wildman–Crippen LogP) is 5.46. The molecule has 0 radical (unpaired) electrons. The average Bonchev–Trinajstić information content (AvgIpc) is 2.50. The summed E-state index contributed by atoms with van der Waals surface area (Å²) in [5, 5.41) is 0. The highest BCUT2D eigenvalue weighted by molar-refractivity contribution is 5.26. The molecule has 0 saturated heterocycles. The molecule has 0 aromatic heterocycles. The first kappa shape index (κ1) is 18.2. The second-order valence-electron chi connectivity index (χ2n) is 6.45. The monoisotopic (exact) mass is 290 g/mol. The van der Waals surface area contributed by atoms with Crippen molar-refractivity contribution in [1.82, 2.24) is 5.43 Å². The predicted molar refractivity (Wildman–Crippen MR) is 93.2 cm³/mol. The molecular weight excluding hydrogens is 256 g/mol.